The summed E-state index contributed by atoms with van der Waals surface area (Å²) < 4.78 is 4.57. The number of amides is 1. The number of pyridine rings is 1. The smallest absolute Gasteiger partial charge is 0.253 e. The molecule has 0 aliphatic carbocycles. The van der Waals surface area contributed by atoms with Gasteiger partial charge in [-0.2, -0.15) is 4.98 Å². The zero-order chi connectivity index (χ0) is 13.7. The lowest BCUT2D eigenvalue weighted by molar-refractivity contribution is 0.0949. The van der Waals surface area contributed by atoms with E-state index >= 15 is 0 Å². The monoisotopic (exact) mass is 281 g/mol. The zero-order valence-corrected chi connectivity index (χ0v) is 10.9. The predicted molar refractivity (Wildman–Crippen MR) is 68.9 cm³/mol. The zero-order valence-electron chi connectivity index (χ0n) is 10.2. The Bertz CT molecular complexity index is 558. The summed E-state index contributed by atoms with van der Waals surface area (Å²) in [5, 5.41) is 9.54. The molecule has 2 aromatic rings. The van der Waals surface area contributed by atoms with Crippen LogP contribution in [0.3, 0.4) is 0 Å². The third-order valence-electron chi connectivity index (χ3n) is 2.27. The molecule has 0 aromatic carbocycles. The van der Waals surface area contributed by atoms with Crippen LogP contribution in [0.2, 0.25) is 5.02 Å². The molecular formula is C11H12ClN5O2. The Hall–Kier alpha value is -2.15. The van der Waals surface area contributed by atoms with Gasteiger partial charge in [-0.1, -0.05) is 16.8 Å². The Balaban J connectivity index is 2.07. The van der Waals surface area contributed by atoms with Crippen molar-refractivity contribution in [3.8, 4) is 0 Å². The Morgan fingerprint density at radius 3 is 3.00 bits per heavy atom. The van der Waals surface area contributed by atoms with Crippen LogP contribution in [0.25, 0.3) is 0 Å². The van der Waals surface area contributed by atoms with Gasteiger partial charge in [-0.25, -0.2) is 4.98 Å². The number of nitrogens with one attached hydrogen (secondary N) is 2. The Morgan fingerprint density at radius 2 is 2.32 bits per heavy atom. The second-order valence-corrected chi connectivity index (χ2v) is 4.02. The van der Waals surface area contributed by atoms with Crippen molar-refractivity contribution in [2.45, 2.75) is 13.5 Å². The van der Waals surface area contributed by atoms with Gasteiger partial charge in [0.25, 0.3) is 5.91 Å². The van der Waals surface area contributed by atoms with E-state index in [0.29, 0.717) is 23.8 Å². The van der Waals surface area contributed by atoms with Gasteiger partial charge in [-0.05, 0) is 13.0 Å². The lowest BCUT2D eigenvalue weighted by atomic mass is 10.2. The molecule has 2 aromatic heterocycles. The lowest BCUT2D eigenvalue weighted by Gasteiger charge is -2.07. The van der Waals surface area contributed by atoms with Crippen LogP contribution in [0.5, 0.6) is 0 Å². The molecule has 0 aliphatic rings. The minimum Gasteiger partial charge on any atom is -0.370 e. The van der Waals surface area contributed by atoms with Crippen molar-refractivity contribution in [1.82, 2.24) is 20.4 Å². The molecule has 1 amide bonds. The molecule has 0 saturated carbocycles. The van der Waals surface area contributed by atoms with Gasteiger partial charge in [0, 0.05) is 12.7 Å². The highest BCUT2D eigenvalue weighted by Crippen LogP contribution is 2.17. The average molecular weight is 282 g/mol. The third-order valence-corrected chi connectivity index (χ3v) is 2.57. The first-order valence-corrected chi connectivity index (χ1v) is 6.01. The van der Waals surface area contributed by atoms with Gasteiger partial charge >= 0.3 is 0 Å². The molecule has 0 radical (unpaired) electrons. The molecule has 100 valence electrons. The predicted octanol–water partition coefficient (Wildman–Crippen LogP) is 1.48. The molecule has 7 nitrogen and oxygen atoms in total. The highest BCUT2D eigenvalue weighted by Gasteiger charge is 2.12. The summed E-state index contributed by atoms with van der Waals surface area (Å²) in [6.07, 6.45) is 2.63. The molecule has 0 spiro atoms. The van der Waals surface area contributed by atoms with Gasteiger partial charge in [-0.3, -0.25) is 4.79 Å². The third kappa shape index (κ3) is 3.41. The molecule has 0 saturated heterocycles. The molecule has 19 heavy (non-hydrogen) atoms. The number of carbonyl (C=O) groups excluding carboxylic acids is 1. The van der Waals surface area contributed by atoms with Crippen LogP contribution in [0.1, 0.15) is 23.1 Å². The number of nitrogens with zero attached hydrogens (tertiary/aromatic N) is 3. The van der Waals surface area contributed by atoms with E-state index in [1.807, 2.05) is 6.92 Å². The number of aromatic nitrogens is 3. The highest BCUT2D eigenvalue weighted by atomic mass is 35.5. The van der Waals surface area contributed by atoms with Crippen LogP contribution in [0.4, 0.5) is 5.82 Å². The standard InChI is InChI=1S/C11H12ClN5O2/c1-2-13-9-3-7(8(12)4-14-9)11(18)15-5-10-16-6-19-17-10/h3-4,6H,2,5H2,1H3,(H,13,14)(H,15,18). The molecule has 0 bridgehead atoms. The SMILES string of the molecule is CCNc1cc(C(=O)NCc2ncon2)c(Cl)cn1. The number of carbonyl (C=O) groups is 1. The van der Waals surface area contributed by atoms with E-state index in [2.05, 4.69) is 30.3 Å². The molecule has 0 fully saturated rings. The summed E-state index contributed by atoms with van der Waals surface area (Å²) in [7, 11) is 0. The number of hydrogen-bond acceptors (Lipinski definition) is 6. The van der Waals surface area contributed by atoms with Crippen LogP contribution in [0.15, 0.2) is 23.2 Å². The maximum atomic E-state index is 12.0. The van der Waals surface area contributed by atoms with Gasteiger partial charge < -0.3 is 15.2 Å². The van der Waals surface area contributed by atoms with Crippen LogP contribution >= 0.6 is 11.6 Å². The molecule has 0 aliphatic heterocycles. The molecule has 2 N–H and O–H groups in total. The molecular weight excluding hydrogens is 270 g/mol. The first-order valence-electron chi connectivity index (χ1n) is 5.63. The van der Waals surface area contributed by atoms with E-state index < -0.39 is 0 Å². The van der Waals surface area contributed by atoms with Gasteiger partial charge in [0.1, 0.15) is 5.82 Å². The molecule has 0 atom stereocenters. The quantitative estimate of drug-likeness (QED) is 0.862. The maximum Gasteiger partial charge on any atom is 0.253 e. The summed E-state index contributed by atoms with van der Waals surface area (Å²) >= 11 is 5.95. The van der Waals surface area contributed by atoms with Crippen molar-refractivity contribution in [1.29, 1.82) is 0 Å². The minimum absolute atomic E-state index is 0.171. The van der Waals surface area contributed by atoms with Gasteiger partial charge in [0.15, 0.2) is 5.82 Å². The summed E-state index contributed by atoms with van der Waals surface area (Å²) in [5.41, 5.74) is 0.344. The van der Waals surface area contributed by atoms with Crippen molar-refractivity contribution < 1.29 is 9.32 Å². The van der Waals surface area contributed by atoms with Crippen molar-refractivity contribution in [2.75, 3.05) is 11.9 Å². The molecule has 2 rings (SSSR count). The minimum atomic E-state index is -0.323. The van der Waals surface area contributed by atoms with Gasteiger partial charge in [0.2, 0.25) is 6.39 Å². The second-order valence-electron chi connectivity index (χ2n) is 3.61. The highest BCUT2D eigenvalue weighted by molar-refractivity contribution is 6.33. The lowest BCUT2D eigenvalue weighted by Crippen LogP contribution is -2.24. The Kier molecular flexibility index (Phi) is 4.30. The van der Waals surface area contributed by atoms with Crippen LogP contribution in [-0.4, -0.2) is 27.6 Å². The fourth-order valence-corrected chi connectivity index (χ4v) is 1.60. The number of hydrogen-bond donors (Lipinski definition) is 2. The fraction of sp³-hybridized carbons (Fsp3) is 0.273. The van der Waals surface area contributed by atoms with Gasteiger partial charge in [-0.15, -0.1) is 0 Å². The van der Waals surface area contributed by atoms with Crippen LogP contribution in [0, 0.1) is 0 Å². The Labute approximate surface area is 114 Å². The summed E-state index contributed by atoms with van der Waals surface area (Å²) in [6.45, 7) is 2.81. The summed E-state index contributed by atoms with van der Waals surface area (Å²) in [4.78, 5) is 19.8. The van der Waals surface area contributed by atoms with E-state index in [9.17, 15) is 4.79 Å². The average Bonchev–Trinajstić information content (AvgIpc) is 2.92. The summed E-state index contributed by atoms with van der Waals surface area (Å²) in [5.74, 6) is 0.665. The van der Waals surface area contributed by atoms with E-state index in [1.165, 1.54) is 12.6 Å². The summed E-state index contributed by atoms with van der Waals surface area (Å²) in [6, 6.07) is 1.59. The van der Waals surface area contributed by atoms with Crippen LogP contribution < -0.4 is 10.6 Å². The van der Waals surface area contributed by atoms with Crippen molar-refractivity contribution >= 4 is 23.3 Å². The molecule has 0 unspecified atom stereocenters. The van der Waals surface area contributed by atoms with E-state index in [0.717, 1.165) is 0 Å². The van der Waals surface area contributed by atoms with Crippen LogP contribution in [-0.2, 0) is 6.54 Å². The van der Waals surface area contributed by atoms with Gasteiger partial charge in [0.05, 0.1) is 17.1 Å². The fourth-order valence-electron chi connectivity index (χ4n) is 1.42. The molecule has 2 heterocycles. The first-order chi connectivity index (χ1) is 9.20. The molecule has 8 heteroatoms. The number of anilines is 1. The first kappa shape index (κ1) is 13.3. The van der Waals surface area contributed by atoms with Crippen molar-refractivity contribution in [2.24, 2.45) is 0 Å². The van der Waals surface area contributed by atoms with E-state index in [4.69, 9.17) is 11.6 Å². The van der Waals surface area contributed by atoms with Crippen molar-refractivity contribution in [3.63, 3.8) is 0 Å². The topological polar surface area (TPSA) is 92.9 Å². The normalized spacial score (nSPS) is 10.2. The van der Waals surface area contributed by atoms with E-state index in [1.54, 1.807) is 6.07 Å². The largest absolute Gasteiger partial charge is 0.370 e. The second kappa shape index (κ2) is 6.14. The number of halogens is 1. The maximum absolute atomic E-state index is 12.0. The number of rotatable bonds is 5. The van der Waals surface area contributed by atoms with Crippen molar-refractivity contribution in [3.05, 3.63) is 35.1 Å². The Morgan fingerprint density at radius 1 is 1.47 bits per heavy atom. The van der Waals surface area contributed by atoms with E-state index in [-0.39, 0.29) is 17.5 Å².